The van der Waals surface area contributed by atoms with E-state index in [9.17, 15) is 35.9 Å². The predicted octanol–water partition coefficient (Wildman–Crippen LogP) is 7.25. The van der Waals surface area contributed by atoms with Gasteiger partial charge in [-0.2, -0.15) is 31.9 Å². The summed E-state index contributed by atoms with van der Waals surface area (Å²) in [5.74, 6) is -1.07. The van der Waals surface area contributed by atoms with Crippen LogP contribution in [-0.2, 0) is 24.3 Å². The zero-order valence-corrected chi connectivity index (χ0v) is 23.1. The Morgan fingerprint density at radius 3 is 1.84 bits per heavy atom. The molecule has 43 heavy (non-hydrogen) atoms. The highest BCUT2D eigenvalue weighted by atomic mass is 19.4. The fraction of sp³-hybridized carbons (Fsp3) is 0.250. The van der Waals surface area contributed by atoms with Crippen LogP contribution in [-0.4, -0.2) is 17.9 Å². The second kappa shape index (κ2) is 12.5. The summed E-state index contributed by atoms with van der Waals surface area (Å²) >= 11 is 0. The van der Waals surface area contributed by atoms with Crippen LogP contribution in [0.25, 0.3) is 0 Å². The van der Waals surface area contributed by atoms with Gasteiger partial charge in [-0.05, 0) is 64.2 Å². The van der Waals surface area contributed by atoms with Gasteiger partial charge in [0.05, 0.1) is 17.7 Å². The van der Waals surface area contributed by atoms with Crippen molar-refractivity contribution in [3.05, 3.63) is 94.5 Å². The number of rotatable bonds is 6. The van der Waals surface area contributed by atoms with E-state index in [1.807, 2.05) is 20.8 Å². The Morgan fingerprint density at radius 2 is 1.37 bits per heavy atom. The lowest BCUT2D eigenvalue weighted by Crippen LogP contribution is -2.36. The minimum Gasteiger partial charge on any atom is -0.368 e. The monoisotopic (exact) mass is 607 g/mol. The Balaban J connectivity index is 1.97. The minimum atomic E-state index is -5.09. The number of urea groups is 1. The van der Waals surface area contributed by atoms with Crippen LogP contribution in [0, 0.1) is 5.53 Å². The van der Waals surface area contributed by atoms with Crippen LogP contribution < -0.4 is 21.3 Å². The van der Waals surface area contributed by atoms with Gasteiger partial charge in [0, 0.05) is 16.9 Å². The molecule has 0 aromatic heterocycles. The van der Waals surface area contributed by atoms with Gasteiger partial charge in [0.15, 0.2) is 0 Å². The maximum Gasteiger partial charge on any atom is 0.416 e. The second-order valence-electron chi connectivity index (χ2n) is 10.3. The first-order valence-corrected chi connectivity index (χ1v) is 12.5. The van der Waals surface area contributed by atoms with Crippen LogP contribution in [0.15, 0.2) is 77.1 Å². The van der Waals surface area contributed by atoms with Gasteiger partial charge in [-0.15, -0.1) is 0 Å². The Kier molecular flexibility index (Phi) is 9.47. The summed E-state index contributed by atoms with van der Waals surface area (Å²) in [5, 5.41) is 10.3. The quantitative estimate of drug-likeness (QED) is 0.0773. The average molecular weight is 608 g/mol. The molecule has 3 rings (SSSR count). The summed E-state index contributed by atoms with van der Waals surface area (Å²) in [6.07, 6.45) is -10.2. The summed E-state index contributed by atoms with van der Waals surface area (Å²) in [5.41, 5.74) is 9.79. The van der Waals surface area contributed by atoms with Crippen LogP contribution in [0.1, 0.15) is 53.4 Å². The molecule has 3 amide bonds. The van der Waals surface area contributed by atoms with Crippen LogP contribution in [0.2, 0.25) is 0 Å². The molecule has 0 atom stereocenters. The molecule has 3 aromatic carbocycles. The smallest absolute Gasteiger partial charge is 0.368 e. The summed E-state index contributed by atoms with van der Waals surface area (Å²) in [7, 11) is 0. The molecule has 0 aliphatic rings. The molecule has 0 saturated heterocycles. The van der Waals surface area contributed by atoms with E-state index >= 15 is 0 Å². The van der Waals surface area contributed by atoms with Gasteiger partial charge < -0.3 is 11.1 Å². The van der Waals surface area contributed by atoms with E-state index in [0.29, 0.717) is 23.4 Å². The molecular weight excluding hydrogens is 580 g/mol. The lowest BCUT2D eigenvalue weighted by atomic mass is 9.87. The highest BCUT2D eigenvalue weighted by Gasteiger charge is 2.37. The summed E-state index contributed by atoms with van der Waals surface area (Å²) in [6.45, 7) is 5.74. The molecule has 0 unspecified atom stereocenters. The van der Waals surface area contributed by atoms with E-state index in [2.05, 4.69) is 21.0 Å². The van der Waals surface area contributed by atoms with Gasteiger partial charge in [-0.25, -0.2) is 4.79 Å². The number of anilines is 2. The summed E-state index contributed by atoms with van der Waals surface area (Å²) in [6, 6.07) is 12.3. The molecule has 228 valence electrons. The molecule has 0 heterocycles. The molecule has 0 fully saturated rings. The number of carbonyl (C=O) groups excluding carboxylic acids is 2. The zero-order valence-electron chi connectivity index (χ0n) is 23.1. The largest absolute Gasteiger partial charge is 0.416 e. The van der Waals surface area contributed by atoms with E-state index in [0.717, 1.165) is 10.5 Å². The molecular formula is C28H27F6N7O2. The Hall–Kier alpha value is -4.95. The van der Waals surface area contributed by atoms with Gasteiger partial charge in [0.2, 0.25) is 5.96 Å². The van der Waals surface area contributed by atoms with Crippen molar-refractivity contribution in [3.8, 4) is 0 Å². The number of guanidine groups is 1. The minimum absolute atomic E-state index is 0.0302. The fourth-order valence-electron chi connectivity index (χ4n) is 3.85. The third-order valence-corrected chi connectivity index (χ3v) is 6.09. The highest BCUT2D eigenvalue weighted by Crippen LogP contribution is 2.38. The lowest BCUT2D eigenvalue weighted by molar-refractivity contribution is -0.143. The average Bonchev–Trinajstić information content (AvgIpc) is 2.90. The standard InChI is InChI=1S/C28H27F6N7O2/c1-26(2,3)18-8-10-22(11-9-18)41(15-16-4-6-17(7-5-16)23(42)38-24(35)39-40-36)25(43)37-21-13-19(27(29,30)31)12-20(14-21)28(32,33)34/h4-14H,15H2,1-3H3,(H,37,43)(H4,35,36,38,39,42). The van der Waals surface area contributed by atoms with Crippen LogP contribution >= 0.6 is 0 Å². The second-order valence-corrected chi connectivity index (χ2v) is 10.3. The van der Waals surface area contributed by atoms with Crippen molar-refractivity contribution in [2.45, 2.75) is 45.1 Å². The molecule has 0 radical (unpaired) electrons. The molecule has 0 aliphatic carbocycles. The number of hydrogen-bond acceptors (Lipinski definition) is 4. The topological polar surface area (TPSA) is 136 Å². The lowest BCUT2D eigenvalue weighted by Gasteiger charge is -2.26. The first-order chi connectivity index (χ1) is 19.9. The van der Waals surface area contributed by atoms with Gasteiger partial charge in [-0.1, -0.05) is 50.1 Å². The van der Waals surface area contributed by atoms with Crippen LogP contribution in [0.4, 0.5) is 42.5 Å². The van der Waals surface area contributed by atoms with E-state index < -0.39 is 47.1 Å². The van der Waals surface area contributed by atoms with E-state index in [-0.39, 0.29) is 23.6 Å². The van der Waals surface area contributed by atoms with Gasteiger partial charge in [0.1, 0.15) is 0 Å². The number of nitrogens with one attached hydrogen (secondary N) is 3. The molecule has 9 nitrogen and oxygen atoms in total. The third kappa shape index (κ3) is 8.77. The van der Waals surface area contributed by atoms with Crippen molar-refractivity contribution in [2.75, 3.05) is 10.2 Å². The van der Waals surface area contributed by atoms with E-state index in [4.69, 9.17) is 11.3 Å². The Labute approximate surface area is 242 Å². The Morgan fingerprint density at radius 1 is 0.837 bits per heavy atom. The first-order valence-electron chi connectivity index (χ1n) is 12.5. The maximum atomic E-state index is 13.4. The number of halogens is 6. The number of alkyl halides is 6. The predicted molar refractivity (Wildman–Crippen MR) is 147 cm³/mol. The fourth-order valence-corrected chi connectivity index (χ4v) is 3.85. The Bertz CT molecular complexity index is 1480. The van der Waals surface area contributed by atoms with Crippen molar-refractivity contribution in [3.63, 3.8) is 0 Å². The van der Waals surface area contributed by atoms with Crippen LogP contribution in [0.5, 0.6) is 0 Å². The SMILES string of the molecule is CC(C)(C)c1ccc(N(Cc2ccc(C(=O)N/C(N)=N/N=N)cc2)C(=O)Nc2cc(C(F)(F)F)cc(C(F)(F)F)c2)cc1. The first kappa shape index (κ1) is 32.6. The molecule has 0 bridgehead atoms. The normalized spacial score (nSPS) is 12.4. The maximum absolute atomic E-state index is 13.4. The molecule has 3 aromatic rings. The summed E-state index contributed by atoms with van der Waals surface area (Å²) < 4.78 is 80.2. The molecule has 0 aliphatic heterocycles. The summed E-state index contributed by atoms with van der Waals surface area (Å²) in [4.78, 5) is 26.8. The van der Waals surface area contributed by atoms with Gasteiger partial charge >= 0.3 is 18.4 Å². The molecule has 0 saturated carbocycles. The van der Waals surface area contributed by atoms with Crippen LogP contribution in [0.3, 0.4) is 0 Å². The molecule has 0 spiro atoms. The van der Waals surface area contributed by atoms with Crippen molar-refractivity contribution in [2.24, 2.45) is 16.1 Å². The number of carbonyl (C=O) groups is 2. The highest BCUT2D eigenvalue weighted by molar-refractivity contribution is 6.05. The van der Waals surface area contributed by atoms with E-state index in [1.165, 1.54) is 24.3 Å². The number of amides is 3. The molecule has 15 heteroatoms. The number of nitrogens with zero attached hydrogens (tertiary/aromatic N) is 3. The number of hydrogen-bond donors (Lipinski definition) is 4. The number of benzene rings is 3. The van der Waals surface area contributed by atoms with Crippen molar-refractivity contribution >= 4 is 29.3 Å². The molecule has 5 N–H and O–H groups in total. The third-order valence-electron chi connectivity index (χ3n) is 6.09. The van der Waals surface area contributed by atoms with Gasteiger partial charge in [0.25, 0.3) is 5.91 Å². The van der Waals surface area contributed by atoms with E-state index in [1.54, 1.807) is 24.3 Å². The van der Waals surface area contributed by atoms with Crippen molar-refractivity contribution < 1.29 is 35.9 Å². The van der Waals surface area contributed by atoms with Crippen molar-refractivity contribution in [1.29, 1.82) is 5.53 Å². The zero-order chi connectivity index (χ0) is 32.2. The van der Waals surface area contributed by atoms with Gasteiger partial charge in [-0.3, -0.25) is 15.0 Å². The van der Waals surface area contributed by atoms with Crippen molar-refractivity contribution in [1.82, 2.24) is 5.32 Å². The number of nitrogens with two attached hydrogens (primary N) is 1.